The van der Waals surface area contributed by atoms with Gasteiger partial charge in [0.25, 0.3) is 0 Å². The van der Waals surface area contributed by atoms with E-state index in [1.54, 1.807) is 43.1 Å². The molecule has 1 atom stereocenters. The molecular formula is C12H14ClN3O. The van der Waals surface area contributed by atoms with Gasteiger partial charge in [0.15, 0.2) is 0 Å². The van der Waals surface area contributed by atoms with E-state index in [4.69, 9.17) is 16.9 Å². The molecule has 1 amide bonds. The first-order valence-corrected chi connectivity index (χ1v) is 5.56. The number of rotatable bonds is 4. The summed E-state index contributed by atoms with van der Waals surface area (Å²) in [6.07, 6.45) is 0. The molecule has 0 aliphatic carbocycles. The highest BCUT2D eigenvalue weighted by molar-refractivity contribution is 6.30. The number of amides is 1. The lowest BCUT2D eigenvalue weighted by atomic mass is 10.3. The van der Waals surface area contributed by atoms with Gasteiger partial charge in [0, 0.05) is 10.7 Å². The number of benzene rings is 1. The van der Waals surface area contributed by atoms with Crippen LogP contribution in [0.25, 0.3) is 0 Å². The Balaban J connectivity index is 2.53. The van der Waals surface area contributed by atoms with Crippen molar-refractivity contribution in [1.29, 1.82) is 5.26 Å². The Morgan fingerprint density at radius 2 is 2.35 bits per heavy atom. The number of hydrogen-bond acceptors (Lipinski definition) is 3. The van der Waals surface area contributed by atoms with E-state index in [-0.39, 0.29) is 18.5 Å². The van der Waals surface area contributed by atoms with Gasteiger partial charge in [0.1, 0.15) is 0 Å². The first kappa shape index (κ1) is 13.5. The number of anilines is 1. The Morgan fingerprint density at radius 1 is 1.65 bits per heavy atom. The highest BCUT2D eigenvalue weighted by Gasteiger charge is 2.12. The minimum atomic E-state index is -0.292. The molecule has 4 nitrogen and oxygen atoms in total. The summed E-state index contributed by atoms with van der Waals surface area (Å²) in [5.41, 5.74) is 0.653. The first-order valence-electron chi connectivity index (χ1n) is 5.18. The van der Waals surface area contributed by atoms with Crippen LogP contribution >= 0.6 is 11.6 Å². The summed E-state index contributed by atoms with van der Waals surface area (Å²) in [6, 6.07) is 8.71. The molecule has 0 aliphatic rings. The molecule has 1 aromatic carbocycles. The second-order valence-electron chi connectivity index (χ2n) is 3.78. The number of hydrogen-bond donors (Lipinski definition) is 1. The molecule has 5 heteroatoms. The summed E-state index contributed by atoms with van der Waals surface area (Å²) in [6.45, 7) is 1.91. The molecular weight excluding hydrogens is 238 g/mol. The predicted octanol–water partition coefficient (Wildman–Crippen LogP) is 2.12. The molecule has 0 saturated carbocycles. The Hall–Kier alpha value is -1.57. The van der Waals surface area contributed by atoms with Crippen LogP contribution in [0.1, 0.15) is 6.92 Å². The number of likely N-dealkylation sites (N-methyl/N-ethyl adjacent to an activating group) is 1. The Bertz CT molecular complexity index is 442. The molecule has 0 radical (unpaired) electrons. The molecule has 0 aliphatic heterocycles. The average Bonchev–Trinajstić information content (AvgIpc) is 2.27. The molecule has 90 valence electrons. The summed E-state index contributed by atoms with van der Waals surface area (Å²) in [5, 5.41) is 12.0. The zero-order valence-corrected chi connectivity index (χ0v) is 10.5. The predicted molar refractivity (Wildman–Crippen MR) is 67.8 cm³/mol. The molecule has 0 heterocycles. The topological polar surface area (TPSA) is 56.1 Å². The van der Waals surface area contributed by atoms with E-state index in [2.05, 4.69) is 11.4 Å². The van der Waals surface area contributed by atoms with Gasteiger partial charge in [0.2, 0.25) is 5.91 Å². The van der Waals surface area contributed by atoms with Crippen molar-refractivity contribution < 1.29 is 4.79 Å². The monoisotopic (exact) mass is 251 g/mol. The number of nitrogens with one attached hydrogen (secondary N) is 1. The van der Waals surface area contributed by atoms with Crippen LogP contribution in [0.4, 0.5) is 5.69 Å². The van der Waals surface area contributed by atoms with Gasteiger partial charge in [-0.15, -0.1) is 0 Å². The van der Waals surface area contributed by atoms with E-state index in [9.17, 15) is 4.79 Å². The van der Waals surface area contributed by atoms with Gasteiger partial charge in [-0.3, -0.25) is 9.69 Å². The lowest BCUT2D eigenvalue weighted by molar-refractivity contribution is -0.117. The minimum Gasteiger partial charge on any atom is -0.325 e. The Labute approximate surface area is 106 Å². The fourth-order valence-electron chi connectivity index (χ4n) is 1.23. The average molecular weight is 252 g/mol. The number of nitriles is 1. The standard InChI is InChI=1S/C12H14ClN3O/c1-9(7-14)16(2)8-12(17)15-11-5-3-4-10(13)6-11/h3-6,9H,8H2,1-2H3,(H,15,17). The maximum atomic E-state index is 11.6. The lowest BCUT2D eigenvalue weighted by Gasteiger charge is -2.18. The maximum absolute atomic E-state index is 11.6. The number of halogens is 1. The van der Waals surface area contributed by atoms with Gasteiger partial charge in [-0.05, 0) is 32.2 Å². The van der Waals surface area contributed by atoms with Crippen molar-refractivity contribution in [2.75, 3.05) is 18.9 Å². The zero-order chi connectivity index (χ0) is 12.8. The van der Waals surface area contributed by atoms with Gasteiger partial charge < -0.3 is 5.32 Å². The third-order valence-corrected chi connectivity index (χ3v) is 2.58. The van der Waals surface area contributed by atoms with Crippen LogP contribution in [-0.2, 0) is 4.79 Å². The van der Waals surface area contributed by atoms with Crippen molar-refractivity contribution in [3.63, 3.8) is 0 Å². The minimum absolute atomic E-state index is 0.168. The smallest absolute Gasteiger partial charge is 0.238 e. The van der Waals surface area contributed by atoms with Crippen molar-refractivity contribution in [2.45, 2.75) is 13.0 Å². The van der Waals surface area contributed by atoms with Crippen LogP contribution in [-0.4, -0.2) is 30.4 Å². The SMILES string of the molecule is CC(C#N)N(C)CC(=O)Nc1cccc(Cl)c1. The normalized spacial score (nSPS) is 11.9. The molecule has 0 bridgehead atoms. The van der Waals surface area contributed by atoms with Crippen LogP contribution in [0.15, 0.2) is 24.3 Å². The summed E-state index contributed by atoms with van der Waals surface area (Å²) in [5.74, 6) is -0.170. The van der Waals surface area contributed by atoms with Gasteiger partial charge in [0.05, 0.1) is 18.7 Å². The van der Waals surface area contributed by atoms with Gasteiger partial charge in [-0.25, -0.2) is 0 Å². The van der Waals surface area contributed by atoms with Crippen molar-refractivity contribution in [2.24, 2.45) is 0 Å². The van der Waals surface area contributed by atoms with Crippen LogP contribution < -0.4 is 5.32 Å². The van der Waals surface area contributed by atoms with E-state index in [1.165, 1.54) is 0 Å². The van der Waals surface area contributed by atoms with Crippen LogP contribution in [0.5, 0.6) is 0 Å². The van der Waals surface area contributed by atoms with E-state index in [0.717, 1.165) is 0 Å². The molecule has 1 unspecified atom stereocenters. The van der Waals surface area contributed by atoms with Crippen molar-refractivity contribution in [1.82, 2.24) is 4.90 Å². The number of carbonyl (C=O) groups is 1. The quantitative estimate of drug-likeness (QED) is 0.892. The van der Waals surface area contributed by atoms with Gasteiger partial charge in [-0.1, -0.05) is 17.7 Å². The van der Waals surface area contributed by atoms with Gasteiger partial charge >= 0.3 is 0 Å². The number of nitrogens with zero attached hydrogens (tertiary/aromatic N) is 2. The second-order valence-corrected chi connectivity index (χ2v) is 4.22. The van der Waals surface area contributed by atoms with E-state index in [0.29, 0.717) is 10.7 Å². The van der Waals surface area contributed by atoms with E-state index < -0.39 is 0 Å². The van der Waals surface area contributed by atoms with E-state index >= 15 is 0 Å². The highest BCUT2D eigenvalue weighted by atomic mass is 35.5. The molecule has 0 aromatic heterocycles. The summed E-state index contributed by atoms with van der Waals surface area (Å²) >= 11 is 5.80. The fourth-order valence-corrected chi connectivity index (χ4v) is 1.42. The van der Waals surface area contributed by atoms with Crippen LogP contribution in [0.2, 0.25) is 5.02 Å². The summed E-state index contributed by atoms with van der Waals surface area (Å²) < 4.78 is 0. The second kappa shape index (κ2) is 6.24. The van der Waals surface area contributed by atoms with Crippen molar-refractivity contribution in [3.8, 4) is 6.07 Å². The largest absolute Gasteiger partial charge is 0.325 e. The molecule has 0 fully saturated rings. The molecule has 1 aromatic rings. The zero-order valence-electron chi connectivity index (χ0n) is 9.77. The Morgan fingerprint density at radius 3 is 2.94 bits per heavy atom. The molecule has 0 saturated heterocycles. The maximum Gasteiger partial charge on any atom is 0.238 e. The summed E-state index contributed by atoms with van der Waals surface area (Å²) in [4.78, 5) is 13.3. The highest BCUT2D eigenvalue weighted by Crippen LogP contribution is 2.14. The fraction of sp³-hybridized carbons (Fsp3) is 0.333. The third-order valence-electron chi connectivity index (χ3n) is 2.35. The first-order chi connectivity index (χ1) is 8.02. The number of carbonyl (C=O) groups excluding carboxylic acids is 1. The van der Waals surface area contributed by atoms with E-state index in [1.807, 2.05) is 0 Å². The van der Waals surface area contributed by atoms with Crippen molar-refractivity contribution in [3.05, 3.63) is 29.3 Å². The molecule has 17 heavy (non-hydrogen) atoms. The van der Waals surface area contributed by atoms with Crippen molar-refractivity contribution >= 4 is 23.2 Å². The Kier molecular flexibility index (Phi) is 4.95. The molecule has 0 spiro atoms. The van der Waals surface area contributed by atoms with Crippen LogP contribution in [0, 0.1) is 11.3 Å². The lowest BCUT2D eigenvalue weighted by Crippen LogP contribution is -2.35. The molecule has 1 rings (SSSR count). The van der Waals surface area contributed by atoms with Gasteiger partial charge in [-0.2, -0.15) is 5.26 Å². The van der Waals surface area contributed by atoms with Crippen LogP contribution in [0.3, 0.4) is 0 Å². The molecule has 1 N–H and O–H groups in total. The third kappa shape index (κ3) is 4.43. The summed E-state index contributed by atoms with van der Waals surface area (Å²) in [7, 11) is 1.73.